The third-order valence-electron chi connectivity index (χ3n) is 4.57. The maximum atomic E-state index is 12.5. The molecule has 2 heterocycles. The Morgan fingerprint density at radius 1 is 1.10 bits per heavy atom. The molecule has 2 amide bonds. The van der Waals surface area contributed by atoms with Gasteiger partial charge < -0.3 is 4.57 Å². The zero-order valence-corrected chi connectivity index (χ0v) is 17.4. The first kappa shape index (κ1) is 19.7. The van der Waals surface area contributed by atoms with Crippen molar-refractivity contribution in [2.24, 2.45) is 0 Å². The first-order valence-electron chi connectivity index (χ1n) is 8.68. The average molecular weight is 441 g/mol. The molecular weight excluding hydrogens is 427 g/mol. The first-order chi connectivity index (χ1) is 14.0. The Kier molecular flexibility index (Phi) is 5.42. The second-order valence-electron chi connectivity index (χ2n) is 6.45. The summed E-state index contributed by atoms with van der Waals surface area (Å²) in [5, 5.41) is 1.65. The predicted molar refractivity (Wildman–Crippen MR) is 119 cm³/mol. The van der Waals surface area contributed by atoms with Crippen LogP contribution in [0.2, 0.25) is 10.0 Å². The summed E-state index contributed by atoms with van der Waals surface area (Å²) in [4.78, 5) is 26.0. The summed E-state index contributed by atoms with van der Waals surface area (Å²) in [7, 11) is 0. The summed E-state index contributed by atoms with van der Waals surface area (Å²) in [6.07, 6.45) is 8.96. The highest BCUT2D eigenvalue weighted by Crippen LogP contribution is 2.34. The minimum atomic E-state index is -0.362. The van der Waals surface area contributed by atoms with Gasteiger partial charge in [0.2, 0.25) is 0 Å². The van der Waals surface area contributed by atoms with Gasteiger partial charge in [-0.05, 0) is 41.6 Å². The van der Waals surface area contributed by atoms with Crippen molar-refractivity contribution < 1.29 is 9.59 Å². The maximum absolute atomic E-state index is 12.5. The third kappa shape index (κ3) is 3.79. The molecule has 1 aromatic heterocycles. The zero-order chi connectivity index (χ0) is 20.5. The van der Waals surface area contributed by atoms with E-state index in [-0.39, 0.29) is 17.7 Å². The van der Waals surface area contributed by atoms with E-state index < -0.39 is 0 Å². The second kappa shape index (κ2) is 8.00. The molecule has 1 aliphatic heterocycles. The normalized spacial score (nSPS) is 15.5. The van der Waals surface area contributed by atoms with Crippen molar-refractivity contribution >= 4 is 63.1 Å². The van der Waals surface area contributed by atoms with Crippen LogP contribution in [0, 0.1) is 12.3 Å². The molecular formula is C22H14Cl2N2O2S. The Morgan fingerprint density at radius 2 is 1.90 bits per heavy atom. The quantitative estimate of drug-likeness (QED) is 0.387. The van der Waals surface area contributed by atoms with Crippen LogP contribution in [0.5, 0.6) is 0 Å². The Bertz CT molecular complexity index is 1220. The summed E-state index contributed by atoms with van der Waals surface area (Å²) >= 11 is 13.1. The van der Waals surface area contributed by atoms with E-state index in [1.165, 1.54) is 0 Å². The number of nitrogens with zero attached hydrogens (tertiary/aromatic N) is 2. The molecule has 1 aliphatic rings. The number of halogens is 2. The van der Waals surface area contributed by atoms with Crippen LogP contribution in [-0.2, 0) is 11.3 Å². The third-order valence-corrected chi connectivity index (χ3v) is 6.21. The smallest absolute Gasteiger partial charge is 0.294 e. The van der Waals surface area contributed by atoms with E-state index in [1.54, 1.807) is 12.1 Å². The van der Waals surface area contributed by atoms with E-state index in [9.17, 15) is 9.59 Å². The van der Waals surface area contributed by atoms with E-state index in [2.05, 4.69) is 10.5 Å². The van der Waals surface area contributed by atoms with Crippen LogP contribution < -0.4 is 0 Å². The Hall–Kier alpha value is -2.65. The number of rotatable bonds is 4. The Balaban J connectivity index is 1.73. The molecule has 0 saturated carbocycles. The fraction of sp³-hybridized carbons (Fsp3) is 0.0909. The molecule has 0 radical (unpaired) electrons. The molecule has 1 fully saturated rings. The number of fused-ring (bicyclic) bond motifs is 1. The van der Waals surface area contributed by atoms with E-state index in [4.69, 9.17) is 29.6 Å². The Morgan fingerprint density at radius 3 is 2.66 bits per heavy atom. The van der Waals surface area contributed by atoms with Gasteiger partial charge in [-0.2, -0.15) is 0 Å². The molecule has 7 heteroatoms. The second-order valence-corrected chi connectivity index (χ2v) is 8.26. The number of thioether (sulfide) groups is 1. The number of hydrogen-bond acceptors (Lipinski definition) is 3. The van der Waals surface area contributed by atoms with Crippen molar-refractivity contribution in [2.45, 2.75) is 6.54 Å². The van der Waals surface area contributed by atoms with Crippen LogP contribution in [-0.4, -0.2) is 27.2 Å². The van der Waals surface area contributed by atoms with Gasteiger partial charge in [0.25, 0.3) is 11.1 Å². The minimum Gasteiger partial charge on any atom is -0.342 e. The number of benzene rings is 2. The molecule has 4 nitrogen and oxygen atoms in total. The number of terminal acetylenes is 1. The predicted octanol–water partition coefficient (Wildman–Crippen LogP) is 5.67. The first-order valence-corrected chi connectivity index (χ1v) is 10.3. The average Bonchev–Trinajstić information content (AvgIpc) is 3.18. The van der Waals surface area contributed by atoms with Crippen LogP contribution in [0.4, 0.5) is 4.79 Å². The van der Waals surface area contributed by atoms with Crippen LogP contribution >= 0.6 is 35.0 Å². The highest BCUT2D eigenvalue weighted by molar-refractivity contribution is 8.18. The summed E-state index contributed by atoms with van der Waals surface area (Å²) < 4.78 is 2.08. The van der Waals surface area contributed by atoms with Gasteiger partial charge >= 0.3 is 0 Å². The fourth-order valence-corrected chi connectivity index (χ4v) is 4.37. The molecule has 0 unspecified atom stereocenters. The monoisotopic (exact) mass is 440 g/mol. The van der Waals surface area contributed by atoms with Gasteiger partial charge in [0, 0.05) is 29.2 Å². The summed E-state index contributed by atoms with van der Waals surface area (Å²) in [5.41, 5.74) is 2.86. The lowest BCUT2D eigenvalue weighted by atomic mass is 10.1. The molecule has 3 aromatic rings. The van der Waals surface area contributed by atoms with Crippen molar-refractivity contribution in [1.29, 1.82) is 0 Å². The molecule has 0 N–H and O–H groups in total. The van der Waals surface area contributed by atoms with Crippen molar-refractivity contribution in [3.63, 3.8) is 0 Å². The number of amides is 2. The van der Waals surface area contributed by atoms with E-state index in [1.807, 2.05) is 42.6 Å². The highest BCUT2D eigenvalue weighted by Gasteiger charge is 2.34. The molecule has 1 saturated heterocycles. The van der Waals surface area contributed by atoms with Gasteiger partial charge in [0.05, 0.1) is 21.5 Å². The van der Waals surface area contributed by atoms with Crippen LogP contribution in [0.3, 0.4) is 0 Å². The number of carbonyl (C=O) groups is 2. The molecule has 0 spiro atoms. The van der Waals surface area contributed by atoms with E-state index >= 15 is 0 Å². The number of hydrogen-bond donors (Lipinski definition) is 0. The lowest BCUT2D eigenvalue weighted by Crippen LogP contribution is -2.28. The van der Waals surface area contributed by atoms with Gasteiger partial charge in [-0.1, -0.05) is 53.4 Å². The van der Waals surface area contributed by atoms with Gasteiger partial charge in [-0.3, -0.25) is 14.5 Å². The van der Waals surface area contributed by atoms with Crippen LogP contribution in [0.1, 0.15) is 11.1 Å². The van der Waals surface area contributed by atoms with Gasteiger partial charge in [-0.25, -0.2) is 0 Å². The largest absolute Gasteiger partial charge is 0.342 e. The Labute approximate surface area is 182 Å². The van der Waals surface area contributed by atoms with Crippen molar-refractivity contribution in [2.75, 3.05) is 6.54 Å². The van der Waals surface area contributed by atoms with E-state index in [0.717, 1.165) is 38.7 Å². The van der Waals surface area contributed by atoms with Gasteiger partial charge in [0.1, 0.15) is 0 Å². The van der Waals surface area contributed by atoms with Gasteiger partial charge in [-0.15, -0.1) is 6.42 Å². The number of para-hydroxylation sites is 1. The molecule has 0 bridgehead atoms. The summed E-state index contributed by atoms with van der Waals surface area (Å²) in [5.74, 6) is 1.98. The van der Waals surface area contributed by atoms with E-state index in [0.29, 0.717) is 21.5 Å². The SMILES string of the molecule is C#CCN1C(=O)S/C(=C/c2cn(Cc3ccc(Cl)c(Cl)c3)c3ccccc23)C1=O. The molecule has 144 valence electrons. The van der Waals surface area contributed by atoms with Crippen molar-refractivity contribution in [3.05, 3.63) is 74.7 Å². The number of carbonyl (C=O) groups excluding carboxylic acids is 2. The molecule has 2 aromatic carbocycles. The molecule has 4 rings (SSSR count). The maximum Gasteiger partial charge on any atom is 0.294 e. The number of imide groups is 1. The summed E-state index contributed by atoms with van der Waals surface area (Å²) in [6.45, 7) is 0.560. The molecule has 29 heavy (non-hydrogen) atoms. The standard InChI is InChI=1S/C22H14Cl2N2O2S/c1-2-9-26-21(27)20(29-22(26)28)11-15-13-25(19-6-4-3-5-16(15)19)12-14-7-8-17(23)18(24)10-14/h1,3-8,10-11,13H,9,12H2/b20-11+. The van der Waals surface area contributed by atoms with Crippen LogP contribution in [0.15, 0.2) is 53.6 Å². The lowest BCUT2D eigenvalue weighted by Gasteiger charge is -2.06. The molecule has 0 aliphatic carbocycles. The van der Waals surface area contributed by atoms with Crippen LogP contribution in [0.25, 0.3) is 17.0 Å². The zero-order valence-electron chi connectivity index (χ0n) is 15.1. The summed E-state index contributed by atoms with van der Waals surface area (Å²) in [6, 6.07) is 13.4. The van der Waals surface area contributed by atoms with Crippen molar-refractivity contribution in [3.8, 4) is 12.3 Å². The minimum absolute atomic E-state index is 0.0267. The highest BCUT2D eigenvalue weighted by atomic mass is 35.5. The van der Waals surface area contributed by atoms with Gasteiger partial charge in [0.15, 0.2) is 0 Å². The number of aromatic nitrogens is 1. The lowest BCUT2D eigenvalue weighted by molar-refractivity contribution is -0.122. The fourth-order valence-electron chi connectivity index (χ4n) is 3.22. The van der Waals surface area contributed by atoms with Crippen molar-refractivity contribution in [1.82, 2.24) is 9.47 Å². The molecule has 0 atom stereocenters. The topological polar surface area (TPSA) is 42.3 Å².